The summed E-state index contributed by atoms with van der Waals surface area (Å²) < 4.78 is 18.6. The number of rotatable bonds is 6. The summed E-state index contributed by atoms with van der Waals surface area (Å²) in [6.07, 6.45) is 3.90. The van der Waals surface area contributed by atoms with E-state index in [4.69, 9.17) is 14.2 Å². The predicted octanol–water partition coefficient (Wildman–Crippen LogP) is 5.87. The lowest BCUT2D eigenvalue weighted by Crippen LogP contribution is -2.60. The van der Waals surface area contributed by atoms with E-state index in [1.807, 2.05) is 0 Å². The first-order valence-electron chi connectivity index (χ1n) is 17.6. The van der Waals surface area contributed by atoms with Gasteiger partial charge in [0, 0.05) is 71.8 Å². The molecule has 0 aromatic carbocycles. The van der Waals surface area contributed by atoms with Gasteiger partial charge in [-0.1, -0.05) is 0 Å². The maximum Gasteiger partial charge on any atom is 0.310 e. The molecular formula is C37H65N3O6. The van der Waals surface area contributed by atoms with Crippen LogP contribution >= 0.6 is 0 Å². The van der Waals surface area contributed by atoms with Crippen molar-refractivity contribution in [1.82, 2.24) is 15.1 Å². The number of carbonyl (C=O) groups excluding carboxylic acids is 3. The number of nitrogens with zero attached hydrogens (tertiary/aromatic N) is 2. The highest BCUT2D eigenvalue weighted by Gasteiger charge is 2.52. The van der Waals surface area contributed by atoms with Crippen molar-refractivity contribution in [2.75, 3.05) is 14.1 Å². The number of hydrogen-bond donors (Lipinski definition) is 1. The maximum absolute atomic E-state index is 14.0. The molecule has 0 spiro atoms. The first-order valence-corrected chi connectivity index (χ1v) is 17.6. The van der Waals surface area contributed by atoms with E-state index in [0.717, 1.165) is 0 Å². The fourth-order valence-electron chi connectivity index (χ4n) is 9.55. The van der Waals surface area contributed by atoms with E-state index in [1.54, 1.807) is 0 Å². The van der Waals surface area contributed by atoms with Crippen molar-refractivity contribution in [3.63, 3.8) is 0 Å². The number of hydrogen-bond acceptors (Lipinski definition) is 9. The normalized spacial score (nSPS) is 32.9. The van der Waals surface area contributed by atoms with Crippen molar-refractivity contribution in [2.45, 2.75) is 186 Å². The predicted molar refractivity (Wildman–Crippen MR) is 180 cm³/mol. The minimum Gasteiger partial charge on any atom is -0.462 e. The zero-order chi connectivity index (χ0) is 34.8. The van der Waals surface area contributed by atoms with Crippen LogP contribution in [0.1, 0.15) is 134 Å². The van der Waals surface area contributed by atoms with E-state index < -0.39 is 29.7 Å². The largest absolute Gasteiger partial charge is 0.462 e. The molecule has 9 nitrogen and oxygen atoms in total. The molecule has 1 saturated carbocycles. The highest BCUT2D eigenvalue weighted by molar-refractivity contribution is 5.85. The first kappa shape index (κ1) is 37.1. The molecule has 4 aliphatic rings. The molecule has 1 N–H and O–H groups in total. The number of carbonyl (C=O) groups is 3. The molecule has 0 aromatic heterocycles. The van der Waals surface area contributed by atoms with Gasteiger partial charge in [0.15, 0.2) is 0 Å². The number of piperidine rings is 3. The van der Waals surface area contributed by atoms with E-state index in [9.17, 15) is 14.4 Å². The van der Waals surface area contributed by atoms with Crippen molar-refractivity contribution in [3.8, 4) is 0 Å². The van der Waals surface area contributed by atoms with E-state index in [-0.39, 0.29) is 70.4 Å². The molecule has 0 amide bonds. The zero-order valence-electron chi connectivity index (χ0n) is 31.5. The summed E-state index contributed by atoms with van der Waals surface area (Å²) >= 11 is 0. The Bertz CT molecular complexity index is 1060. The van der Waals surface area contributed by atoms with Gasteiger partial charge >= 0.3 is 17.9 Å². The van der Waals surface area contributed by atoms with Crippen molar-refractivity contribution < 1.29 is 28.6 Å². The Labute approximate surface area is 279 Å². The number of ether oxygens (including phenoxy) is 3. The topological polar surface area (TPSA) is 97.4 Å². The van der Waals surface area contributed by atoms with Crippen LogP contribution in [0.2, 0.25) is 0 Å². The first-order chi connectivity index (χ1) is 20.7. The molecule has 3 heterocycles. The molecule has 4 fully saturated rings. The Kier molecular flexibility index (Phi) is 9.94. The summed E-state index contributed by atoms with van der Waals surface area (Å²) in [5.41, 5.74) is -0.971. The minimum atomic E-state index is -0.746. The van der Waals surface area contributed by atoms with E-state index >= 15 is 0 Å². The van der Waals surface area contributed by atoms with Gasteiger partial charge in [-0.05, 0) is 110 Å². The maximum atomic E-state index is 14.0. The Hall–Kier alpha value is -1.71. The van der Waals surface area contributed by atoms with E-state index in [1.165, 1.54) is 0 Å². The number of esters is 3. The van der Waals surface area contributed by atoms with Crippen LogP contribution in [0, 0.1) is 17.8 Å². The second kappa shape index (κ2) is 12.3. The second-order valence-corrected chi connectivity index (χ2v) is 19.0. The van der Waals surface area contributed by atoms with Crippen molar-refractivity contribution in [3.05, 3.63) is 0 Å². The molecule has 264 valence electrons. The van der Waals surface area contributed by atoms with Crippen LogP contribution in [0.25, 0.3) is 0 Å². The van der Waals surface area contributed by atoms with Crippen molar-refractivity contribution >= 4 is 17.9 Å². The van der Waals surface area contributed by atoms with Crippen LogP contribution in [0.3, 0.4) is 0 Å². The summed E-state index contributed by atoms with van der Waals surface area (Å²) in [6.45, 7) is 25.9. The van der Waals surface area contributed by atoms with E-state index in [2.05, 4.69) is 112 Å². The van der Waals surface area contributed by atoms with Crippen LogP contribution in [-0.4, -0.2) is 93.3 Å². The summed E-state index contributed by atoms with van der Waals surface area (Å²) in [6, 6.07) is 0. The molecular weight excluding hydrogens is 582 g/mol. The molecule has 46 heavy (non-hydrogen) atoms. The lowest BCUT2D eigenvalue weighted by atomic mass is 9.78. The SMILES string of the molecule is CN1C(C)(C)CC(OC(=O)C2CC(C(=O)OC3CC(C)(C)NC(C)(C)C3)CC2C(=O)OC2CC(C)(C)N(C)C(C)(C)C2)CC1(C)C. The third-order valence-corrected chi connectivity index (χ3v) is 12.0. The molecule has 2 atom stereocenters. The van der Waals surface area contributed by atoms with Crippen LogP contribution in [-0.2, 0) is 28.6 Å². The fraction of sp³-hybridized carbons (Fsp3) is 0.919. The third-order valence-electron chi connectivity index (χ3n) is 12.0. The fourth-order valence-corrected chi connectivity index (χ4v) is 9.55. The summed E-state index contributed by atoms with van der Waals surface area (Å²) in [7, 11) is 4.24. The van der Waals surface area contributed by atoms with Crippen LogP contribution in [0.15, 0.2) is 0 Å². The van der Waals surface area contributed by atoms with Gasteiger partial charge in [0.2, 0.25) is 0 Å². The molecule has 0 aromatic rings. The second-order valence-electron chi connectivity index (χ2n) is 19.0. The quantitative estimate of drug-likeness (QED) is 0.280. The van der Waals surface area contributed by atoms with Gasteiger partial charge in [0.25, 0.3) is 0 Å². The molecule has 3 saturated heterocycles. The highest BCUT2D eigenvalue weighted by Crippen LogP contribution is 2.44. The Morgan fingerprint density at radius 3 is 1.11 bits per heavy atom. The van der Waals surface area contributed by atoms with Gasteiger partial charge in [-0.15, -0.1) is 0 Å². The molecule has 3 aliphatic heterocycles. The van der Waals surface area contributed by atoms with Gasteiger partial charge in [0.05, 0.1) is 17.8 Å². The molecule has 0 radical (unpaired) electrons. The average Bonchev–Trinajstić information content (AvgIpc) is 3.29. The smallest absolute Gasteiger partial charge is 0.310 e. The lowest BCUT2D eigenvalue weighted by Gasteiger charge is -2.53. The molecule has 4 rings (SSSR count). The number of likely N-dealkylation sites (tertiary alicyclic amines) is 2. The molecule has 9 heteroatoms. The van der Waals surface area contributed by atoms with Gasteiger partial charge in [-0.2, -0.15) is 0 Å². The Morgan fingerprint density at radius 1 is 0.500 bits per heavy atom. The van der Waals surface area contributed by atoms with Gasteiger partial charge in [-0.25, -0.2) is 0 Å². The summed E-state index contributed by atoms with van der Waals surface area (Å²) in [5.74, 6) is -3.17. The summed E-state index contributed by atoms with van der Waals surface area (Å²) in [4.78, 5) is 46.4. The van der Waals surface area contributed by atoms with Crippen molar-refractivity contribution in [2.24, 2.45) is 17.8 Å². The third kappa shape index (κ3) is 8.11. The van der Waals surface area contributed by atoms with Crippen molar-refractivity contribution in [1.29, 1.82) is 0 Å². The average molecular weight is 648 g/mol. The monoisotopic (exact) mass is 647 g/mol. The summed E-state index contributed by atoms with van der Waals surface area (Å²) in [5, 5.41) is 3.63. The van der Waals surface area contributed by atoms with Crippen LogP contribution in [0.5, 0.6) is 0 Å². The van der Waals surface area contributed by atoms with Gasteiger partial charge in [0.1, 0.15) is 18.3 Å². The van der Waals surface area contributed by atoms with Gasteiger partial charge in [-0.3, -0.25) is 24.2 Å². The van der Waals surface area contributed by atoms with Crippen LogP contribution in [0.4, 0.5) is 0 Å². The molecule has 2 unspecified atom stereocenters. The molecule has 0 bridgehead atoms. The van der Waals surface area contributed by atoms with Crippen LogP contribution < -0.4 is 5.32 Å². The zero-order valence-corrected chi connectivity index (χ0v) is 31.5. The highest BCUT2D eigenvalue weighted by atomic mass is 16.6. The van der Waals surface area contributed by atoms with Gasteiger partial charge < -0.3 is 19.5 Å². The Morgan fingerprint density at radius 2 is 0.783 bits per heavy atom. The molecule has 1 aliphatic carbocycles. The Balaban J connectivity index is 1.52. The van der Waals surface area contributed by atoms with E-state index in [0.29, 0.717) is 38.5 Å². The lowest BCUT2D eigenvalue weighted by molar-refractivity contribution is -0.174. The minimum absolute atomic E-state index is 0.156. The number of nitrogens with one attached hydrogen (secondary N) is 1. The standard InChI is InChI=1S/C37H65N3O6/c1-32(2)17-24(18-33(3,4)38-32)44-29(41)23-15-27(30(42)45-25-19-34(5,6)39(13)35(7,8)20-25)28(16-23)31(43)46-26-21-36(9,10)40(14)37(11,12)22-26/h23-28,38H,15-22H2,1-14H3.